The fourth-order valence-corrected chi connectivity index (χ4v) is 4.52. The third-order valence-electron chi connectivity index (χ3n) is 6.01. The summed E-state index contributed by atoms with van der Waals surface area (Å²) in [6, 6.07) is 17.9. The maximum atomic E-state index is 12.0. The molecule has 0 N–H and O–H groups in total. The summed E-state index contributed by atoms with van der Waals surface area (Å²) in [5.74, 6) is -1.53. The van der Waals surface area contributed by atoms with Gasteiger partial charge in [0.15, 0.2) is 12.3 Å². The number of hydrogen-bond acceptors (Lipinski definition) is 6. The number of nitrogens with zero attached hydrogens (tertiary/aromatic N) is 1. The van der Waals surface area contributed by atoms with Gasteiger partial charge in [0, 0.05) is 31.3 Å². The summed E-state index contributed by atoms with van der Waals surface area (Å²) in [6.07, 6.45) is -0.0720. The first-order chi connectivity index (χ1) is 15.9. The first-order valence-corrected chi connectivity index (χ1v) is 11.0. The first kappa shape index (κ1) is 22.7. The van der Waals surface area contributed by atoms with Crippen LogP contribution in [0, 0.1) is 5.92 Å². The van der Waals surface area contributed by atoms with Gasteiger partial charge >= 0.3 is 11.9 Å². The van der Waals surface area contributed by atoms with Gasteiger partial charge in [-0.3, -0.25) is 9.59 Å². The van der Waals surface area contributed by atoms with Gasteiger partial charge in [0.05, 0.1) is 5.52 Å². The zero-order valence-corrected chi connectivity index (χ0v) is 18.8. The Hall–Kier alpha value is -3.45. The van der Waals surface area contributed by atoms with Crippen molar-refractivity contribution >= 4 is 29.1 Å². The highest BCUT2D eigenvalue weighted by Gasteiger charge is 2.49. The summed E-state index contributed by atoms with van der Waals surface area (Å²) in [6.45, 7) is 4.34. The van der Waals surface area contributed by atoms with Crippen molar-refractivity contribution in [2.45, 2.75) is 51.7 Å². The molecule has 4 rings (SSSR count). The highest BCUT2D eigenvalue weighted by Crippen LogP contribution is 2.38. The van der Waals surface area contributed by atoms with E-state index in [0.29, 0.717) is 12.7 Å². The van der Waals surface area contributed by atoms with Gasteiger partial charge in [-0.15, -0.1) is 0 Å². The summed E-state index contributed by atoms with van der Waals surface area (Å²) in [4.78, 5) is 35.7. The number of fused-ring (bicyclic) bond motifs is 1. The molecular weight excluding hydrogens is 422 g/mol. The molecule has 0 amide bonds. The van der Waals surface area contributed by atoms with E-state index in [0.717, 1.165) is 22.0 Å². The molecule has 0 spiro atoms. The summed E-state index contributed by atoms with van der Waals surface area (Å²) in [5, 5.41) is 1.02. The van der Waals surface area contributed by atoms with Crippen molar-refractivity contribution in [2.75, 3.05) is 0 Å². The van der Waals surface area contributed by atoms with Crippen molar-refractivity contribution in [2.24, 2.45) is 5.92 Å². The van der Waals surface area contributed by atoms with Gasteiger partial charge in [-0.2, -0.15) is 0 Å². The average Bonchev–Trinajstić information content (AvgIpc) is 3.15. The van der Waals surface area contributed by atoms with Gasteiger partial charge in [0.1, 0.15) is 18.5 Å². The molecule has 2 aromatic carbocycles. The quantitative estimate of drug-likeness (QED) is 0.420. The lowest BCUT2D eigenvalue weighted by Crippen LogP contribution is -2.54. The van der Waals surface area contributed by atoms with Crippen molar-refractivity contribution in [1.29, 1.82) is 0 Å². The normalized spacial score (nSPS) is 24.9. The molecule has 7 heteroatoms. The molecule has 3 aromatic rings. The predicted molar refractivity (Wildman–Crippen MR) is 121 cm³/mol. The maximum Gasteiger partial charge on any atom is 0.303 e. The average molecular weight is 450 g/mol. The van der Waals surface area contributed by atoms with Crippen LogP contribution in [0.1, 0.15) is 38.1 Å². The Morgan fingerprint density at radius 3 is 2.27 bits per heavy atom. The number of ether oxygens (including phenoxy) is 3. The van der Waals surface area contributed by atoms with Crippen molar-refractivity contribution in [1.82, 2.24) is 4.57 Å². The molecule has 1 aliphatic rings. The largest absolute Gasteiger partial charge is 0.458 e. The first-order valence-electron chi connectivity index (χ1n) is 11.0. The fourth-order valence-electron chi connectivity index (χ4n) is 4.52. The lowest BCUT2D eigenvalue weighted by atomic mass is 9.90. The van der Waals surface area contributed by atoms with E-state index in [1.165, 1.54) is 13.8 Å². The fraction of sp³-hybridized carbons (Fsp3) is 0.346. The topological polar surface area (TPSA) is 83.8 Å². The van der Waals surface area contributed by atoms with Crippen LogP contribution in [0.4, 0.5) is 0 Å². The second-order valence-corrected chi connectivity index (χ2v) is 8.38. The van der Waals surface area contributed by atoms with E-state index in [2.05, 4.69) is 12.1 Å². The summed E-state index contributed by atoms with van der Waals surface area (Å²) in [5.41, 5.74) is 3.08. The monoisotopic (exact) mass is 449 g/mol. The molecule has 2 heterocycles. The number of rotatable bonds is 6. The Morgan fingerprint density at radius 2 is 1.61 bits per heavy atom. The molecule has 1 aliphatic heterocycles. The second kappa shape index (κ2) is 9.58. The number of carbonyl (C=O) groups is 3. The van der Waals surface area contributed by atoms with Crippen LogP contribution in [0.2, 0.25) is 0 Å². The Kier molecular flexibility index (Phi) is 6.60. The maximum absolute atomic E-state index is 12.0. The van der Waals surface area contributed by atoms with Crippen molar-refractivity contribution in [3.8, 4) is 0 Å². The Morgan fingerprint density at radius 1 is 0.970 bits per heavy atom. The van der Waals surface area contributed by atoms with E-state index < -0.39 is 42.4 Å². The standard InChI is InChI=1S/C26H27NO6/c1-16-23(15-28)33-26(25(32-18(3)30)24(16)31-17(2)29)27-14-20(13-19-9-5-4-6-10-19)21-11-7-8-12-22(21)27/h4-12,14-16,23-26H,13H2,1-3H3/t16-,23-,24+,25-,26-/m1/s1. The van der Waals surface area contributed by atoms with Crippen LogP contribution in [0.3, 0.4) is 0 Å². The number of esters is 2. The molecule has 7 nitrogen and oxygen atoms in total. The molecular formula is C26H27NO6. The van der Waals surface area contributed by atoms with Crippen molar-refractivity contribution in [3.05, 3.63) is 71.9 Å². The molecule has 1 saturated heterocycles. The zero-order chi connectivity index (χ0) is 23.5. The van der Waals surface area contributed by atoms with Gasteiger partial charge in [-0.25, -0.2) is 0 Å². The van der Waals surface area contributed by atoms with E-state index in [1.54, 1.807) is 6.92 Å². The summed E-state index contributed by atoms with van der Waals surface area (Å²) < 4.78 is 19.2. The smallest absolute Gasteiger partial charge is 0.303 e. The van der Waals surface area contributed by atoms with E-state index in [-0.39, 0.29) is 0 Å². The Bertz CT molecular complexity index is 1150. The number of carbonyl (C=O) groups excluding carboxylic acids is 3. The van der Waals surface area contributed by atoms with E-state index in [1.807, 2.05) is 53.2 Å². The molecule has 172 valence electrons. The molecule has 0 saturated carbocycles. The number of benzene rings is 2. The molecule has 1 fully saturated rings. The van der Waals surface area contributed by atoms with Crippen molar-refractivity contribution in [3.63, 3.8) is 0 Å². The third kappa shape index (κ3) is 4.68. The van der Waals surface area contributed by atoms with Crippen LogP contribution in [0.25, 0.3) is 10.9 Å². The van der Waals surface area contributed by atoms with E-state index >= 15 is 0 Å². The van der Waals surface area contributed by atoms with Gasteiger partial charge in [0.25, 0.3) is 0 Å². The third-order valence-corrected chi connectivity index (χ3v) is 6.01. The predicted octanol–water partition coefficient (Wildman–Crippen LogP) is 3.83. The van der Waals surface area contributed by atoms with E-state index in [9.17, 15) is 14.4 Å². The lowest BCUT2D eigenvalue weighted by Gasteiger charge is -2.43. The number of aldehydes is 1. The molecule has 0 bridgehead atoms. The van der Waals surface area contributed by atoms with Crippen LogP contribution in [0.5, 0.6) is 0 Å². The Balaban J connectivity index is 1.82. The summed E-state index contributed by atoms with van der Waals surface area (Å²) in [7, 11) is 0. The molecule has 0 aliphatic carbocycles. The molecule has 33 heavy (non-hydrogen) atoms. The van der Waals surface area contributed by atoms with Crippen LogP contribution in [0.15, 0.2) is 60.8 Å². The van der Waals surface area contributed by atoms with Crippen LogP contribution in [-0.2, 0) is 35.0 Å². The number of hydrogen-bond donors (Lipinski definition) is 0. The lowest BCUT2D eigenvalue weighted by molar-refractivity contribution is -0.235. The number of aromatic nitrogens is 1. The van der Waals surface area contributed by atoms with Crippen LogP contribution >= 0.6 is 0 Å². The molecule has 0 unspecified atom stereocenters. The molecule has 1 aromatic heterocycles. The second-order valence-electron chi connectivity index (χ2n) is 8.38. The zero-order valence-electron chi connectivity index (χ0n) is 18.8. The number of para-hydroxylation sites is 1. The molecule has 5 atom stereocenters. The van der Waals surface area contributed by atoms with Crippen LogP contribution in [-0.4, -0.2) is 41.1 Å². The Labute approximate surface area is 192 Å². The van der Waals surface area contributed by atoms with Crippen LogP contribution < -0.4 is 0 Å². The molecule has 0 radical (unpaired) electrons. The van der Waals surface area contributed by atoms with Crippen molar-refractivity contribution < 1.29 is 28.6 Å². The summed E-state index contributed by atoms with van der Waals surface area (Å²) >= 11 is 0. The van der Waals surface area contributed by atoms with Gasteiger partial charge in [-0.1, -0.05) is 55.5 Å². The van der Waals surface area contributed by atoms with Gasteiger partial charge in [0.2, 0.25) is 0 Å². The van der Waals surface area contributed by atoms with E-state index in [4.69, 9.17) is 14.2 Å². The SMILES string of the molecule is CC(=O)O[C@@H]1[C@@H](OC(C)=O)[C@H](C)[C@@H](C=O)O[C@H]1n1cc(Cc2ccccc2)c2ccccc21. The minimum atomic E-state index is -0.919. The highest BCUT2D eigenvalue weighted by atomic mass is 16.6. The van der Waals surface area contributed by atoms with Gasteiger partial charge < -0.3 is 23.6 Å². The highest BCUT2D eigenvalue weighted by molar-refractivity contribution is 5.84. The minimum Gasteiger partial charge on any atom is -0.458 e. The minimum absolute atomic E-state index is 0.488. The van der Waals surface area contributed by atoms with Gasteiger partial charge in [-0.05, 0) is 23.6 Å².